The van der Waals surface area contributed by atoms with Crippen molar-refractivity contribution in [2.24, 2.45) is 5.92 Å². The van der Waals surface area contributed by atoms with Crippen LogP contribution in [0.5, 0.6) is 0 Å². The lowest BCUT2D eigenvalue weighted by molar-refractivity contribution is -0.157. The first kappa shape index (κ1) is 19.6. The summed E-state index contributed by atoms with van der Waals surface area (Å²) in [7, 11) is 0. The number of benzene rings is 2. The van der Waals surface area contributed by atoms with E-state index in [1.165, 1.54) is 6.92 Å². The van der Waals surface area contributed by atoms with Crippen molar-refractivity contribution in [3.63, 3.8) is 0 Å². The zero-order chi connectivity index (χ0) is 20.3. The summed E-state index contributed by atoms with van der Waals surface area (Å²) in [6.07, 6.45) is -0.865. The van der Waals surface area contributed by atoms with Gasteiger partial charge in [-0.15, -0.1) is 0 Å². The van der Waals surface area contributed by atoms with Crippen molar-refractivity contribution in [3.8, 4) is 0 Å². The molecule has 2 amide bonds. The lowest BCUT2D eigenvalue weighted by Gasteiger charge is -2.18. The van der Waals surface area contributed by atoms with Crippen molar-refractivity contribution < 1.29 is 19.1 Å². The van der Waals surface area contributed by atoms with E-state index in [0.29, 0.717) is 5.69 Å². The van der Waals surface area contributed by atoms with Gasteiger partial charge in [0.15, 0.2) is 6.10 Å². The molecule has 0 unspecified atom stereocenters. The molecule has 0 spiro atoms. The second-order valence-electron chi connectivity index (χ2n) is 7.18. The molecule has 1 aliphatic heterocycles. The van der Waals surface area contributed by atoms with E-state index in [2.05, 4.69) is 5.32 Å². The highest BCUT2D eigenvalue weighted by atomic mass is 16.5. The van der Waals surface area contributed by atoms with Crippen molar-refractivity contribution in [1.82, 2.24) is 0 Å². The van der Waals surface area contributed by atoms with Gasteiger partial charge < -0.3 is 15.0 Å². The van der Waals surface area contributed by atoms with Crippen molar-refractivity contribution in [2.45, 2.75) is 33.3 Å². The average Bonchev–Trinajstić information content (AvgIpc) is 3.06. The van der Waals surface area contributed by atoms with Gasteiger partial charge in [0.05, 0.1) is 5.92 Å². The average molecular weight is 380 g/mol. The Balaban J connectivity index is 1.56. The quantitative estimate of drug-likeness (QED) is 0.808. The van der Waals surface area contributed by atoms with Gasteiger partial charge in [-0.3, -0.25) is 14.4 Å². The van der Waals surface area contributed by atoms with E-state index in [9.17, 15) is 14.4 Å². The second kappa shape index (κ2) is 8.25. The molecule has 0 radical (unpaired) electrons. The van der Waals surface area contributed by atoms with Crippen LogP contribution in [0.15, 0.2) is 48.5 Å². The number of esters is 1. The molecule has 1 fully saturated rings. The van der Waals surface area contributed by atoms with Gasteiger partial charge in [-0.05, 0) is 45.0 Å². The molecule has 1 aliphatic rings. The third-order valence-electron chi connectivity index (χ3n) is 4.79. The molecule has 6 nitrogen and oxygen atoms in total. The fraction of sp³-hybridized carbons (Fsp3) is 0.318. The Morgan fingerprint density at radius 2 is 1.61 bits per heavy atom. The van der Waals surface area contributed by atoms with E-state index in [1.807, 2.05) is 50.2 Å². The molecule has 1 saturated heterocycles. The fourth-order valence-electron chi connectivity index (χ4n) is 3.04. The Morgan fingerprint density at radius 3 is 2.21 bits per heavy atom. The normalized spacial score (nSPS) is 17.3. The molecule has 0 bridgehead atoms. The third kappa shape index (κ3) is 4.57. The summed E-state index contributed by atoms with van der Waals surface area (Å²) in [5.74, 6) is -1.64. The van der Waals surface area contributed by atoms with Crippen LogP contribution in [0.2, 0.25) is 0 Å². The molecular weight excluding hydrogens is 356 g/mol. The summed E-state index contributed by atoms with van der Waals surface area (Å²) in [6.45, 7) is 5.71. The minimum atomic E-state index is -0.947. The maximum absolute atomic E-state index is 12.5. The molecule has 2 aromatic carbocycles. The summed E-state index contributed by atoms with van der Waals surface area (Å²) in [6, 6.07) is 14.9. The van der Waals surface area contributed by atoms with Gasteiger partial charge in [-0.1, -0.05) is 35.4 Å². The van der Waals surface area contributed by atoms with Crippen LogP contribution in [0.3, 0.4) is 0 Å². The van der Waals surface area contributed by atoms with Crippen LogP contribution in [0, 0.1) is 19.8 Å². The maximum Gasteiger partial charge on any atom is 0.312 e. The summed E-state index contributed by atoms with van der Waals surface area (Å²) >= 11 is 0. The molecule has 0 saturated carbocycles. The van der Waals surface area contributed by atoms with Gasteiger partial charge >= 0.3 is 5.97 Å². The molecular formula is C22H24N2O4. The Morgan fingerprint density at radius 1 is 1.04 bits per heavy atom. The molecule has 146 valence electrons. The first-order valence-corrected chi connectivity index (χ1v) is 9.28. The minimum Gasteiger partial charge on any atom is -0.452 e. The lowest BCUT2D eigenvalue weighted by atomic mass is 10.1. The summed E-state index contributed by atoms with van der Waals surface area (Å²) < 4.78 is 5.31. The highest BCUT2D eigenvalue weighted by Crippen LogP contribution is 2.26. The lowest BCUT2D eigenvalue weighted by Crippen LogP contribution is -2.33. The van der Waals surface area contributed by atoms with Gasteiger partial charge in [0.25, 0.3) is 5.91 Å². The van der Waals surface area contributed by atoms with Crippen LogP contribution < -0.4 is 10.2 Å². The Kier molecular flexibility index (Phi) is 5.78. The predicted octanol–water partition coefficient (Wildman–Crippen LogP) is 3.23. The highest BCUT2D eigenvalue weighted by molar-refractivity contribution is 6.00. The number of carbonyl (C=O) groups is 3. The molecule has 6 heteroatoms. The summed E-state index contributed by atoms with van der Waals surface area (Å²) in [4.78, 5) is 38.6. The highest BCUT2D eigenvalue weighted by Gasteiger charge is 2.37. The van der Waals surface area contributed by atoms with E-state index in [4.69, 9.17) is 4.74 Å². The van der Waals surface area contributed by atoms with E-state index >= 15 is 0 Å². The second-order valence-corrected chi connectivity index (χ2v) is 7.18. The largest absolute Gasteiger partial charge is 0.452 e. The smallest absolute Gasteiger partial charge is 0.312 e. The van der Waals surface area contributed by atoms with Crippen LogP contribution in [0.4, 0.5) is 11.4 Å². The van der Waals surface area contributed by atoms with Gasteiger partial charge in [0.2, 0.25) is 5.91 Å². The number of amides is 2. The summed E-state index contributed by atoms with van der Waals surface area (Å²) in [5.41, 5.74) is 3.58. The standard InChI is InChI=1S/C22H24N2O4/c1-14-4-8-18(9-5-14)23-21(26)16(3)28-22(27)17-12-20(25)24(13-17)19-10-6-15(2)7-11-19/h4-11,16-17H,12-13H2,1-3H3,(H,23,26)/t16-,17+/m1/s1. The van der Waals surface area contributed by atoms with E-state index < -0.39 is 23.9 Å². The van der Waals surface area contributed by atoms with Gasteiger partial charge in [-0.25, -0.2) is 0 Å². The molecule has 2 aromatic rings. The number of anilines is 2. The van der Waals surface area contributed by atoms with Gasteiger partial charge in [-0.2, -0.15) is 0 Å². The van der Waals surface area contributed by atoms with Crippen molar-refractivity contribution >= 4 is 29.2 Å². The first-order chi connectivity index (χ1) is 13.3. The van der Waals surface area contributed by atoms with E-state index in [0.717, 1.165) is 16.8 Å². The molecule has 0 aromatic heterocycles. The van der Waals surface area contributed by atoms with Crippen molar-refractivity contribution in [3.05, 3.63) is 59.7 Å². The molecule has 3 rings (SSSR count). The van der Waals surface area contributed by atoms with Crippen LogP contribution in [-0.4, -0.2) is 30.4 Å². The summed E-state index contributed by atoms with van der Waals surface area (Å²) in [5, 5.41) is 2.72. The van der Waals surface area contributed by atoms with Gasteiger partial charge in [0, 0.05) is 24.3 Å². The van der Waals surface area contributed by atoms with Crippen LogP contribution in [0.25, 0.3) is 0 Å². The molecule has 2 atom stereocenters. The Hall–Kier alpha value is -3.15. The zero-order valence-corrected chi connectivity index (χ0v) is 16.3. The van der Waals surface area contributed by atoms with Gasteiger partial charge in [0.1, 0.15) is 0 Å². The SMILES string of the molecule is Cc1ccc(NC(=O)[C@@H](C)OC(=O)[C@H]2CC(=O)N(c3ccc(C)cc3)C2)cc1. The Bertz CT molecular complexity index is 874. The zero-order valence-electron chi connectivity index (χ0n) is 16.3. The third-order valence-corrected chi connectivity index (χ3v) is 4.79. The number of aryl methyl sites for hydroxylation is 2. The van der Waals surface area contributed by atoms with Crippen LogP contribution in [-0.2, 0) is 19.1 Å². The molecule has 0 aliphatic carbocycles. The van der Waals surface area contributed by atoms with Crippen molar-refractivity contribution in [1.29, 1.82) is 0 Å². The Labute approximate surface area is 164 Å². The number of hydrogen-bond acceptors (Lipinski definition) is 4. The van der Waals surface area contributed by atoms with Crippen molar-refractivity contribution in [2.75, 3.05) is 16.8 Å². The fourth-order valence-corrected chi connectivity index (χ4v) is 3.04. The van der Waals surface area contributed by atoms with E-state index in [1.54, 1.807) is 17.0 Å². The number of rotatable bonds is 5. The first-order valence-electron chi connectivity index (χ1n) is 9.28. The predicted molar refractivity (Wildman–Crippen MR) is 107 cm³/mol. The number of ether oxygens (including phenoxy) is 1. The van der Waals surface area contributed by atoms with Crippen LogP contribution >= 0.6 is 0 Å². The number of nitrogens with one attached hydrogen (secondary N) is 1. The molecule has 28 heavy (non-hydrogen) atoms. The van der Waals surface area contributed by atoms with Crippen LogP contribution in [0.1, 0.15) is 24.5 Å². The number of nitrogens with zero attached hydrogens (tertiary/aromatic N) is 1. The molecule has 1 heterocycles. The molecule has 1 N–H and O–H groups in total. The minimum absolute atomic E-state index is 0.0824. The monoisotopic (exact) mass is 380 g/mol. The maximum atomic E-state index is 12.5. The topological polar surface area (TPSA) is 75.7 Å². The number of hydrogen-bond donors (Lipinski definition) is 1. The number of carbonyl (C=O) groups excluding carboxylic acids is 3. The van der Waals surface area contributed by atoms with E-state index in [-0.39, 0.29) is 18.9 Å².